The lowest BCUT2D eigenvalue weighted by molar-refractivity contribution is 0.660. The fourth-order valence-corrected chi connectivity index (χ4v) is 10.2. The molecule has 280 valence electrons. The van der Waals surface area contributed by atoms with E-state index in [0.717, 1.165) is 17.1 Å². The van der Waals surface area contributed by atoms with Crippen LogP contribution in [0.25, 0.3) is 44.5 Å². The van der Waals surface area contributed by atoms with Crippen molar-refractivity contribution in [3.8, 4) is 44.5 Å². The van der Waals surface area contributed by atoms with Crippen LogP contribution in [0.3, 0.4) is 0 Å². The van der Waals surface area contributed by atoms with Gasteiger partial charge in [0.15, 0.2) is 0 Å². The molecule has 0 saturated heterocycles. The number of hydrogen-bond donors (Lipinski definition) is 0. The summed E-state index contributed by atoms with van der Waals surface area (Å²) in [6.07, 6.45) is 0. The van der Waals surface area contributed by atoms with Crippen LogP contribution in [0.15, 0.2) is 224 Å². The smallest absolute Gasteiger partial charge is 0.0714 e. The fourth-order valence-electron chi connectivity index (χ4n) is 10.2. The summed E-state index contributed by atoms with van der Waals surface area (Å²) in [7, 11) is 0. The maximum atomic E-state index is 2.48. The Hall–Kier alpha value is -7.22. The summed E-state index contributed by atoms with van der Waals surface area (Å²) in [5, 5.41) is 0. The third kappa shape index (κ3) is 5.39. The highest BCUT2D eigenvalue weighted by Gasteiger charge is 2.47. The summed E-state index contributed by atoms with van der Waals surface area (Å²) in [6, 6.07) is 82.9. The quantitative estimate of drug-likeness (QED) is 0.157. The first-order valence-electron chi connectivity index (χ1n) is 20.7. The van der Waals surface area contributed by atoms with Crippen LogP contribution in [-0.4, -0.2) is 0 Å². The first-order chi connectivity index (χ1) is 29.0. The van der Waals surface area contributed by atoms with Crippen molar-refractivity contribution in [2.24, 2.45) is 0 Å². The van der Waals surface area contributed by atoms with Crippen LogP contribution in [0.2, 0.25) is 0 Å². The van der Waals surface area contributed by atoms with E-state index < -0.39 is 5.41 Å². The van der Waals surface area contributed by atoms with Gasteiger partial charge in [-0.2, -0.15) is 0 Å². The Morgan fingerprint density at radius 3 is 1.54 bits per heavy atom. The van der Waals surface area contributed by atoms with E-state index in [1.807, 2.05) is 0 Å². The molecule has 0 amide bonds. The molecule has 1 heteroatoms. The van der Waals surface area contributed by atoms with Crippen molar-refractivity contribution in [1.29, 1.82) is 0 Å². The Labute approximate surface area is 347 Å². The maximum absolute atomic E-state index is 2.48. The standard InChI is InChI=1S/C58H43N/c1-57(2)51-28-14-12-26-48(51)49-37-34-43(39-54(49)57)42-20-16-25-47(38-42)59(46-35-32-41(33-36-46)40-18-6-3-7-19-40)55-31-17-30-53-56(55)50-27-13-15-29-52(50)58(53,44-21-8-4-9-22-44)45-23-10-5-11-24-45/h3-39H,1-2H3. The molecule has 59 heavy (non-hydrogen) atoms. The second-order valence-electron chi connectivity index (χ2n) is 16.5. The van der Waals surface area contributed by atoms with E-state index in [0.29, 0.717) is 0 Å². The number of nitrogens with zero attached hydrogens (tertiary/aromatic N) is 1. The van der Waals surface area contributed by atoms with Crippen LogP contribution in [0.4, 0.5) is 17.1 Å². The third-order valence-corrected chi connectivity index (χ3v) is 13.0. The van der Waals surface area contributed by atoms with Gasteiger partial charge in [0.1, 0.15) is 0 Å². The minimum absolute atomic E-state index is 0.0753. The molecule has 2 aliphatic rings. The molecule has 0 saturated carbocycles. The monoisotopic (exact) mass is 753 g/mol. The van der Waals surface area contributed by atoms with E-state index >= 15 is 0 Å². The number of benzene rings is 9. The van der Waals surface area contributed by atoms with Gasteiger partial charge in [0.2, 0.25) is 0 Å². The molecule has 9 aromatic carbocycles. The van der Waals surface area contributed by atoms with Crippen LogP contribution in [0.5, 0.6) is 0 Å². The molecule has 2 aliphatic carbocycles. The average molecular weight is 754 g/mol. The third-order valence-electron chi connectivity index (χ3n) is 13.0. The van der Waals surface area contributed by atoms with Crippen molar-refractivity contribution in [3.63, 3.8) is 0 Å². The predicted octanol–water partition coefficient (Wildman–Crippen LogP) is 15.2. The van der Waals surface area contributed by atoms with Gasteiger partial charge in [-0.3, -0.25) is 0 Å². The predicted molar refractivity (Wildman–Crippen MR) is 247 cm³/mol. The van der Waals surface area contributed by atoms with Crippen molar-refractivity contribution < 1.29 is 0 Å². The van der Waals surface area contributed by atoms with Gasteiger partial charge in [-0.15, -0.1) is 0 Å². The van der Waals surface area contributed by atoms with E-state index in [9.17, 15) is 0 Å². The lowest BCUT2D eigenvalue weighted by Gasteiger charge is -2.34. The van der Waals surface area contributed by atoms with Crippen LogP contribution in [-0.2, 0) is 10.8 Å². The van der Waals surface area contributed by atoms with Crippen molar-refractivity contribution in [2.75, 3.05) is 4.90 Å². The zero-order valence-corrected chi connectivity index (χ0v) is 33.3. The fraction of sp³-hybridized carbons (Fsp3) is 0.0690. The van der Waals surface area contributed by atoms with Crippen LogP contribution in [0, 0.1) is 0 Å². The summed E-state index contributed by atoms with van der Waals surface area (Å²) in [4.78, 5) is 2.48. The zero-order chi connectivity index (χ0) is 39.6. The Morgan fingerprint density at radius 2 is 0.831 bits per heavy atom. The summed E-state index contributed by atoms with van der Waals surface area (Å²) < 4.78 is 0. The first kappa shape index (κ1) is 35.0. The molecule has 0 unspecified atom stereocenters. The summed E-state index contributed by atoms with van der Waals surface area (Å²) in [6.45, 7) is 4.72. The SMILES string of the molecule is CC1(C)c2ccccc2-c2ccc(-c3cccc(N(c4ccc(-c5ccccc5)cc4)c4cccc5c4-c4ccccc4C5(c4ccccc4)c4ccccc4)c3)cc21. The van der Waals surface area contributed by atoms with E-state index in [1.165, 1.54) is 77.9 Å². The second kappa shape index (κ2) is 13.7. The van der Waals surface area contributed by atoms with Gasteiger partial charge in [-0.1, -0.05) is 202 Å². The van der Waals surface area contributed by atoms with Gasteiger partial charge >= 0.3 is 0 Å². The molecule has 0 spiro atoms. The number of rotatable bonds is 7. The zero-order valence-electron chi connectivity index (χ0n) is 33.3. The van der Waals surface area contributed by atoms with Gasteiger partial charge < -0.3 is 4.90 Å². The molecule has 0 fully saturated rings. The summed E-state index contributed by atoms with van der Waals surface area (Å²) >= 11 is 0. The van der Waals surface area contributed by atoms with Gasteiger partial charge in [0.25, 0.3) is 0 Å². The van der Waals surface area contributed by atoms with Crippen molar-refractivity contribution in [1.82, 2.24) is 0 Å². The van der Waals surface area contributed by atoms with Crippen molar-refractivity contribution in [3.05, 3.63) is 258 Å². The van der Waals surface area contributed by atoms with Crippen LogP contribution >= 0.6 is 0 Å². The summed E-state index contributed by atoms with van der Waals surface area (Å²) in [5.41, 5.74) is 20.7. The Morgan fingerprint density at radius 1 is 0.322 bits per heavy atom. The molecule has 0 aliphatic heterocycles. The van der Waals surface area contributed by atoms with E-state index in [2.05, 4.69) is 243 Å². The molecule has 9 aromatic rings. The highest BCUT2D eigenvalue weighted by molar-refractivity contribution is 5.98. The highest BCUT2D eigenvalue weighted by atomic mass is 15.1. The molecular formula is C58H43N. The van der Waals surface area contributed by atoms with Crippen molar-refractivity contribution >= 4 is 17.1 Å². The van der Waals surface area contributed by atoms with E-state index in [4.69, 9.17) is 0 Å². The molecule has 0 aromatic heterocycles. The molecular weight excluding hydrogens is 711 g/mol. The molecule has 0 radical (unpaired) electrons. The summed E-state index contributed by atoms with van der Waals surface area (Å²) in [5.74, 6) is 0. The van der Waals surface area contributed by atoms with Gasteiger partial charge in [-0.25, -0.2) is 0 Å². The van der Waals surface area contributed by atoms with Gasteiger partial charge in [0, 0.05) is 22.4 Å². The number of fused-ring (bicyclic) bond motifs is 6. The van der Waals surface area contributed by atoms with E-state index in [-0.39, 0.29) is 5.41 Å². The molecule has 0 N–H and O–H groups in total. The molecule has 0 bridgehead atoms. The molecule has 1 nitrogen and oxygen atoms in total. The Kier molecular flexibility index (Phi) is 8.13. The van der Waals surface area contributed by atoms with Crippen LogP contribution < -0.4 is 4.90 Å². The molecule has 0 heterocycles. The lowest BCUT2D eigenvalue weighted by atomic mass is 9.68. The Balaban J connectivity index is 1.13. The highest BCUT2D eigenvalue weighted by Crippen LogP contribution is 2.59. The molecule has 11 rings (SSSR count). The molecule has 0 atom stereocenters. The van der Waals surface area contributed by atoms with Crippen LogP contribution in [0.1, 0.15) is 47.2 Å². The number of anilines is 3. The maximum Gasteiger partial charge on any atom is 0.0714 e. The Bertz CT molecular complexity index is 2960. The van der Waals surface area contributed by atoms with Crippen molar-refractivity contribution in [2.45, 2.75) is 24.7 Å². The number of hydrogen-bond acceptors (Lipinski definition) is 1. The minimum atomic E-state index is -0.496. The van der Waals surface area contributed by atoms with E-state index in [1.54, 1.807) is 0 Å². The normalized spacial score (nSPS) is 13.9. The lowest BCUT2D eigenvalue weighted by Crippen LogP contribution is -2.28. The average Bonchev–Trinajstić information content (AvgIpc) is 3.74. The van der Waals surface area contributed by atoms with Gasteiger partial charge in [-0.05, 0) is 109 Å². The second-order valence-corrected chi connectivity index (χ2v) is 16.5. The van der Waals surface area contributed by atoms with Gasteiger partial charge in [0.05, 0.1) is 11.1 Å². The largest absolute Gasteiger partial charge is 0.310 e. The minimum Gasteiger partial charge on any atom is -0.310 e. The topological polar surface area (TPSA) is 3.24 Å². The first-order valence-corrected chi connectivity index (χ1v) is 20.7.